The molecule has 0 amide bonds. The zero-order valence-electron chi connectivity index (χ0n) is 35.8. The van der Waals surface area contributed by atoms with Gasteiger partial charge in [-0.05, 0) is 130 Å². The van der Waals surface area contributed by atoms with Crippen LogP contribution in [0.25, 0.3) is 98.7 Å². The van der Waals surface area contributed by atoms with Crippen LogP contribution in [0.4, 0.5) is 17.1 Å². The summed E-state index contributed by atoms with van der Waals surface area (Å²) in [5.41, 5.74) is 15.4. The molecule has 12 aromatic rings. The Bertz CT molecular complexity index is 3620. The van der Waals surface area contributed by atoms with Crippen molar-refractivity contribution in [2.24, 2.45) is 0 Å². The van der Waals surface area contributed by atoms with Gasteiger partial charge in [0, 0.05) is 16.8 Å². The van der Waals surface area contributed by atoms with Crippen molar-refractivity contribution in [1.82, 2.24) is 0 Å². The van der Waals surface area contributed by atoms with Crippen LogP contribution in [0, 0.1) is 0 Å². The molecule has 12 rings (SSSR count). The number of anilines is 3. The monoisotopic (exact) mass is 825 g/mol. The van der Waals surface area contributed by atoms with Crippen LogP contribution in [0.2, 0.25) is 0 Å². The van der Waals surface area contributed by atoms with Crippen LogP contribution in [-0.4, -0.2) is 0 Å². The Kier molecular flexibility index (Phi) is 9.58. The highest BCUT2D eigenvalue weighted by molar-refractivity contribution is 6.28. The molecule has 0 radical (unpaired) electrons. The molecule has 12 aromatic carbocycles. The molecule has 1 nitrogen and oxygen atoms in total. The molecule has 65 heavy (non-hydrogen) atoms. The third kappa shape index (κ3) is 6.82. The fourth-order valence-corrected chi connectivity index (χ4v) is 10.0. The first-order valence-electron chi connectivity index (χ1n) is 22.4. The third-order valence-electron chi connectivity index (χ3n) is 13.1. The molecule has 0 saturated carbocycles. The van der Waals surface area contributed by atoms with E-state index < -0.39 is 0 Å². The Hall–Kier alpha value is -8.52. The molecule has 0 N–H and O–H groups in total. The molecule has 0 aliphatic heterocycles. The summed E-state index contributed by atoms with van der Waals surface area (Å²) in [7, 11) is 0. The minimum atomic E-state index is 1.09. The number of fused-ring (bicyclic) bond motifs is 7. The summed E-state index contributed by atoms with van der Waals surface area (Å²) in [4.78, 5) is 2.45. The van der Waals surface area contributed by atoms with Crippen LogP contribution >= 0.6 is 0 Å². The van der Waals surface area contributed by atoms with E-state index in [-0.39, 0.29) is 0 Å². The Labute approximate surface area is 379 Å². The van der Waals surface area contributed by atoms with Gasteiger partial charge in [-0.1, -0.05) is 224 Å². The van der Waals surface area contributed by atoms with Gasteiger partial charge in [0.2, 0.25) is 0 Å². The zero-order chi connectivity index (χ0) is 43.1. The number of hydrogen-bond donors (Lipinski definition) is 0. The zero-order valence-corrected chi connectivity index (χ0v) is 35.8. The first-order chi connectivity index (χ1) is 32.3. The summed E-state index contributed by atoms with van der Waals surface area (Å²) in [6, 6.07) is 95.2. The molecule has 0 aliphatic rings. The second-order valence-corrected chi connectivity index (χ2v) is 16.8. The molecule has 0 spiro atoms. The van der Waals surface area contributed by atoms with E-state index in [1.807, 2.05) is 0 Å². The molecular formula is C64H43N. The lowest BCUT2D eigenvalue weighted by Crippen LogP contribution is -2.10. The van der Waals surface area contributed by atoms with Crippen LogP contribution in [0.1, 0.15) is 0 Å². The lowest BCUT2D eigenvalue weighted by atomic mass is 9.89. The van der Waals surface area contributed by atoms with Gasteiger partial charge in [0.25, 0.3) is 0 Å². The Morgan fingerprint density at radius 2 is 0.662 bits per heavy atom. The minimum Gasteiger partial charge on any atom is -0.310 e. The molecule has 0 unspecified atom stereocenters. The lowest BCUT2D eigenvalue weighted by Gasteiger charge is -2.28. The lowest BCUT2D eigenvalue weighted by molar-refractivity contribution is 1.30. The molecule has 0 fully saturated rings. The fraction of sp³-hybridized carbons (Fsp3) is 0. The fourth-order valence-electron chi connectivity index (χ4n) is 10.0. The van der Waals surface area contributed by atoms with Crippen LogP contribution < -0.4 is 4.90 Å². The molecule has 0 aromatic heterocycles. The summed E-state index contributed by atoms with van der Waals surface area (Å²) < 4.78 is 0. The maximum atomic E-state index is 2.45. The number of rotatable bonds is 8. The normalized spacial score (nSPS) is 11.4. The van der Waals surface area contributed by atoms with E-state index >= 15 is 0 Å². The minimum absolute atomic E-state index is 1.09. The SMILES string of the molecule is c1ccc(-c2ccc(-c3ccc(N(c4ccc(-c5ccc6ccccc6c5-c5ccccc5)cc4)c4cccc5c6ccccc6c6ccccc6c45)cc3)cc2-c2ccccc2)cc1. The van der Waals surface area contributed by atoms with Crippen molar-refractivity contribution in [1.29, 1.82) is 0 Å². The number of nitrogens with zero attached hydrogens (tertiary/aromatic N) is 1. The summed E-state index contributed by atoms with van der Waals surface area (Å²) in [6.07, 6.45) is 0. The quantitative estimate of drug-likeness (QED) is 0.138. The average Bonchev–Trinajstić information content (AvgIpc) is 3.39. The van der Waals surface area contributed by atoms with Gasteiger partial charge >= 0.3 is 0 Å². The molecule has 0 heterocycles. The van der Waals surface area contributed by atoms with Crippen LogP contribution in [0.5, 0.6) is 0 Å². The van der Waals surface area contributed by atoms with E-state index in [2.05, 4.69) is 266 Å². The van der Waals surface area contributed by atoms with Crippen LogP contribution in [-0.2, 0) is 0 Å². The van der Waals surface area contributed by atoms with Crippen molar-refractivity contribution in [3.05, 3.63) is 261 Å². The highest BCUT2D eigenvalue weighted by atomic mass is 15.1. The molecule has 0 bridgehead atoms. The van der Waals surface area contributed by atoms with Gasteiger partial charge in [-0.15, -0.1) is 0 Å². The summed E-state index contributed by atoms with van der Waals surface area (Å²) >= 11 is 0. The van der Waals surface area contributed by atoms with Crippen molar-refractivity contribution in [3.63, 3.8) is 0 Å². The van der Waals surface area contributed by atoms with Gasteiger partial charge in [0.15, 0.2) is 0 Å². The van der Waals surface area contributed by atoms with E-state index in [9.17, 15) is 0 Å². The van der Waals surface area contributed by atoms with Crippen LogP contribution in [0.15, 0.2) is 261 Å². The molecule has 1 heteroatoms. The predicted octanol–water partition coefficient (Wildman–Crippen LogP) is 18.1. The van der Waals surface area contributed by atoms with E-state index in [1.165, 1.54) is 98.7 Å². The van der Waals surface area contributed by atoms with E-state index in [1.54, 1.807) is 0 Å². The second kappa shape index (κ2) is 16.3. The van der Waals surface area contributed by atoms with Crippen molar-refractivity contribution >= 4 is 60.2 Å². The smallest absolute Gasteiger partial charge is 0.0546 e. The maximum absolute atomic E-state index is 2.45. The van der Waals surface area contributed by atoms with Crippen molar-refractivity contribution in [2.45, 2.75) is 0 Å². The summed E-state index contributed by atoms with van der Waals surface area (Å²) in [6.45, 7) is 0. The molecular weight excluding hydrogens is 783 g/mol. The van der Waals surface area contributed by atoms with E-state index in [0.717, 1.165) is 17.1 Å². The first-order valence-corrected chi connectivity index (χ1v) is 22.4. The third-order valence-corrected chi connectivity index (χ3v) is 13.1. The van der Waals surface area contributed by atoms with Gasteiger partial charge in [-0.2, -0.15) is 0 Å². The average molecular weight is 826 g/mol. The maximum Gasteiger partial charge on any atom is 0.0546 e. The molecule has 0 saturated heterocycles. The Morgan fingerprint density at radius 3 is 1.28 bits per heavy atom. The van der Waals surface area contributed by atoms with Gasteiger partial charge in [0.05, 0.1) is 5.69 Å². The van der Waals surface area contributed by atoms with Crippen LogP contribution in [0.3, 0.4) is 0 Å². The predicted molar refractivity (Wildman–Crippen MR) is 278 cm³/mol. The van der Waals surface area contributed by atoms with Crippen molar-refractivity contribution in [3.8, 4) is 55.6 Å². The largest absolute Gasteiger partial charge is 0.310 e. The first kappa shape index (κ1) is 38.2. The number of benzene rings is 12. The highest BCUT2D eigenvalue weighted by Crippen LogP contribution is 2.46. The van der Waals surface area contributed by atoms with Crippen molar-refractivity contribution in [2.75, 3.05) is 4.90 Å². The van der Waals surface area contributed by atoms with E-state index in [4.69, 9.17) is 0 Å². The van der Waals surface area contributed by atoms with Crippen molar-refractivity contribution < 1.29 is 0 Å². The molecule has 0 aliphatic carbocycles. The summed E-state index contributed by atoms with van der Waals surface area (Å²) in [5.74, 6) is 0. The number of hydrogen-bond acceptors (Lipinski definition) is 1. The standard InChI is InChI=1S/C64H43N/c1-4-17-45(18-5-1)53-41-36-50(43-61(53)46-19-6-2-7-20-46)44-31-37-51(38-32-44)65(62-30-16-29-60-58-26-13-12-25-56(58)57-27-14-15-28-59(57)64(60)62)52-39-33-48(34-40-52)55-42-35-47-21-10-11-24-54(47)63(55)49-22-8-3-9-23-49/h1-43H. The Balaban J connectivity index is 1.03. The molecule has 304 valence electrons. The van der Waals surface area contributed by atoms with Gasteiger partial charge < -0.3 is 4.90 Å². The van der Waals surface area contributed by atoms with Gasteiger partial charge in [0.1, 0.15) is 0 Å². The summed E-state index contributed by atoms with van der Waals surface area (Å²) in [5, 5.41) is 9.99. The molecule has 0 atom stereocenters. The second-order valence-electron chi connectivity index (χ2n) is 16.8. The topological polar surface area (TPSA) is 3.24 Å². The van der Waals surface area contributed by atoms with Gasteiger partial charge in [-0.25, -0.2) is 0 Å². The van der Waals surface area contributed by atoms with Gasteiger partial charge in [-0.3, -0.25) is 0 Å². The van der Waals surface area contributed by atoms with E-state index in [0.29, 0.717) is 0 Å². The Morgan fingerprint density at radius 1 is 0.231 bits per heavy atom. The highest BCUT2D eigenvalue weighted by Gasteiger charge is 2.20.